The maximum Gasteiger partial charge on any atom is 0.121 e. The summed E-state index contributed by atoms with van der Waals surface area (Å²) >= 11 is 0. The Morgan fingerprint density at radius 2 is 1.90 bits per heavy atom. The highest BCUT2D eigenvalue weighted by Crippen LogP contribution is 2.22. The van der Waals surface area contributed by atoms with E-state index >= 15 is 0 Å². The fraction of sp³-hybridized carbons (Fsp3) is 0.200. The summed E-state index contributed by atoms with van der Waals surface area (Å²) in [5.74, 6) is 0.775. The first-order chi connectivity index (χ1) is 9.69. The topological polar surface area (TPSA) is 66.0 Å². The van der Waals surface area contributed by atoms with Crippen molar-refractivity contribution >= 4 is 11.0 Å². The zero-order valence-corrected chi connectivity index (χ0v) is 11.4. The third-order valence-corrected chi connectivity index (χ3v) is 3.32. The van der Waals surface area contributed by atoms with Gasteiger partial charge >= 0.3 is 0 Å². The molecule has 2 N–H and O–H groups in total. The third kappa shape index (κ3) is 2.12. The van der Waals surface area contributed by atoms with Crippen LogP contribution < -0.4 is 10.5 Å². The van der Waals surface area contributed by atoms with Crippen LogP contribution in [0.15, 0.2) is 42.5 Å². The fourth-order valence-electron chi connectivity index (χ4n) is 2.14. The summed E-state index contributed by atoms with van der Waals surface area (Å²) in [6.07, 6.45) is 0. The van der Waals surface area contributed by atoms with Crippen molar-refractivity contribution in [3.63, 3.8) is 0 Å². The molecule has 0 spiro atoms. The highest BCUT2D eigenvalue weighted by Gasteiger charge is 2.08. The first-order valence-electron chi connectivity index (χ1n) is 6.44. The lowest BCUT2D eigenvalue weighted by molar-refractivity contribution is 0.415. The van der Waals surface area contributed by atoms with E-state index in [1.807, 2.05) is 49.4 Å². The van der Waals surface area contributed by atoms with E-state index in [1.165, 1.54) is 0 Å². The van der Waals surface area contributed by atoms with Gasteiger partial charge in [0.05, 0.1) is 18.3 Å². The Hall–Kier alpha value is -2.40. The van der Waals surface area contributed by atoms with Gasteiger partial charge in [-0.15, -0.1) is 5.10 Å². The summed E-state index contributed by atoms with van der Waals surface area (Å²) in [7, 11) is 1.64. The van der Waals surface area contributed by atoms with Crippen molar-refractivity contribution in [3.05, 3.63) is 48.0 Å². The second-order valence-electron chi connectivity index (χ2n) is 4.74. The molecular formula is C15H16N4O. The predicted octanol–water partition coefficient (Wildman–Crippen LogP) is 2.45. The minimum atomic E-state index is 0.0285. The second kappa shape index (κ2) is 4.94. The monoisotopic (exact) mass is 268 g/mol. The van der Waals surface area contributed by atoms with Crippen molar-refractivity contribution in [1.82, 2.24) is 15.0 Å². The first-order valence-corrected chi connectivity index (χ1v) is 6.44. The Bertz CT molecular complexity index is 731. The second-order valence-corrected chi connectivity index (χ2v) is 4.74. The number of methoxy groups -OCH3 is 1. The van der Waals surface area contributed by atoms with Crippen molar-refractivity contribution in [2.45, 2.75) is 13.0 Å². The van der Waals surface area contributed by atoms with Gasteiger partial charge in [-0.25, -0.2) is 4.68 Å². The highest BCUT2D eigenvalue weighted by molar-refractivity contribution is 5.77. The molecule has 5 heteroatoms. The molecular weight excluding hydrogens is 252 g/mol. The largest absolute Gasteiger partial charge is 0.497 e. The van der Waals surface area contributed by atoms with E-state index in [0.717, 1.165) is 28.0 Å². The maximum atomic E-state index is 5.86. The van der Waals surface area contributed by atoms with Crippen LogP contribution in [-0.4, -0.2) is 22.1 Å². The SMILES string of the molecule is COc1ccc2c(c1)nnn2-c1ccc([C@H](C)N)cc1. The van der Waals surface area contributed by atoms with Crippen LogP contribution in [0.2, 0.25) is 0 Å². The molecule has 0 amide bonds. The standard InChI is InChI=1S/C15H16N4O/c1-10(16)11-3-5-12(6-4-11)19-15-8-7-13(20-2)9-14(15)17-18-19/h3-10H,16H2,1-2H3/t10-/m0/s1. The molecule has 3 rings (SSSR count). The van der Waals surface area contributed by atoms with Gasteiger partial charge in [-0.2, -0.15) is 0 Å². The van der Waals surface area contributed by atoms with Crippen LogP contribution in [0.4, 0.5) is 0 Å². The Balaban J connectivity index is 2.05. The Morgan fingerprint density at radius 3 is 2.55 bits per heavy atom. The van der Waals surface area contributed by atoms with Crippen LogP contribution in [0.1, 0.15) is 18.5 Å². The number of hydrogen-bond acceptors (Lipinski definition) is 4. The van der Waals surface area contributed by atoms with E-state index < -0.39 is 0 Å². The number of rotatable bonds is 3. The molecule has 1 aromatic heterocycles. The molecule has 0 aliphatic carbocycles. The Labute approximate surface area is 117 Å². The summed E-state index contributed by atoms with van der Waals surface area (Å²) in [5.41, 5.74) is 9.66. The number of hydrogen-bond donors (Lipinski definition) is 1. The minimum Gasteiger partial charge on any atom is -0.497 e. The van der Waals surface area contributed by atoms with Crippen molar-refractivity contribution in [1.29, 1.82) is 0 Å². The van der Waals surface area contributed by atoms with Crippen molar-refractivity contribution < 1.29 is 4.74 Å². The molecule has 0 aliphatic heterocycles. The number of ether oxygens (including phenoxy) is 1. The van der Waals surface area contributed by atoms with Gasteiger partial charge in [0.25, 0.3) is 0 Å². The molecule has 1 heterocycles. The van der Waals surface area contributed by atoms with E-state index in [0.29, 0.717) is 0 Å². The molecule has 0 saturated carbocycles. The highest BCUT2D eigenvalue weighted by atomic mass is 16.5. The van der Waals surface area contributed by atoms with Crippen LogP contribution >= 0.6 is 0 Å². The van der Waals surface area contributed by atoms with Gasteiger partial charge in [-0.1, -0.05) is 17.3 Å². The van der Waals surface area contributed by atoms with Gasteiger partial charge in [0.2, 0.25) is 0 Å². The Kier molecular flexibility index (Phi) is 3.12. The fourth-order valence-corrected chi connectivity index (χ4v) is 2.14. The molecule has 20 heavy (non-hydrogen) atoms. The first kappa shape index (κ1) is 12.6. The molecule has 0 saturated heterocycles. The van der Waals surface area contributed by atoms with Gasteiger partial charge < -0.3 is 10.5 Å². The lowest BCUT2D eigenvalue weighted by Crippen LogP contribution is -2.05. The summed E-state index contributed by atoms with van der Waals surface area (Å²) in [6.45, 7) is 1.96. The summed E-state index contributed by atoms with van der Waals surface area (Å²) in [6, 6.07) is 13.8. The minimum absolute atomic E-state index is 0.0285. The predicted molar refractivity (Wildman–Crippen MR) is 78.0 cm³/mol. The molecule has 1 atom stereocenters. The quantitative estimate of drug-likeness (QED) is 0.792. The number of fused-ring (bicyclic) bond motifs is 1. The molecule has 102 valence electrons. The van der Waals surface area contributed by atoms with E-state index in [2.05, 4.69) is 10.3 Å². The number of aromatic nitrogens is 3. The van der Waals surface area contributed by atoms with E-state index in [9.17, 15) is 0 Å². The average molecular weight is 268 g/mol. The molecule has 0 bridgehead atoms. The van der Waals surface area contributed by atoms with Crippen LogP contribution in [0.3, 0.4) is 0 Å². The average Bonchev–Trinajstić information content (AvgIpc) is 2.90. The molecule has 5 nitrogen and oxygen atoms in total. The molecule has 0 radical (unpaired) electrons. The zero-order valence-electron chi connectivity index (χ0n) is 11.4. The molecule has 0 fully saturated rings. The van der Waals surface area contributed by atoms with Gasteiger partial charge in [0.1, 0.15) is 11.3 Å². The summed E-state index contributed by atoms with van der Waals surface area (Å²) < 4.78 is 6.99. The Morgan fingerprint density at radius 1 is 1.15 bits per heavy atom. The third-order valence-electron chi connectivity index (χ3n) is 3.32. The van der Waals surface area contributed by atoms with E-state index in [-0.39, 0.29) is 6.04 Å². The van der Waals surface area contributed by atoms with Gasteiger partial charge in [0.15, 0.2) is 0 Å². The van der Waals surface area contributed by atoms with E-state index in [4.69, 9.17) is 10.5 Å². The lowest BCUT2D eigenvalue weighted by Gasteiger charge is -2.07. The summed E-state index contributed by atoms with van der Waals surface area (Å²) in [4.78, 5) is 0. The summed E-state index contributed by atoms with van der Waals surface area (Å²) in [5, 5.41) is 8.36. The molecule has 0 unspecified atom stereocenters. The number of nitrogens with two attached hydrogens (primary N) is 1. The van der Waals surface area contributed by atoms with Crippen molar-refractivity contribution in [2.24, 2.45) is 5.73 Å². The van der Waals surface area contributed by atoms with Gasteiger partial charge in [0, 0.05) is 12.1 Å². The van der Waals surface area contributed by atoms with E-state index in [1.54, 1.807) is 11.8 Å². The van der Waals surface area contributed by atoms with Crippen molar-refractivity contribution in [2.75, 3.05) is 7.11 Å². The normalized spacial score (nSPS) is 12.6. The zero-order chi connectivity index (χ0) is 14.1. The molecule has 2 aromatic carbocycles. The van der Waals surface area contributed by atoms with Crippen LogP contribution in [0, 0.1) is 0 Å². The smallest absolute Gasteiger partial charge is 0.121 e. The van der Waals surface area contributed by atoms with Crippen LogP contribution in [0.25, 0.3) is 16.7 Å². The van der Waals surface area contributed by atoms with Crippen LogP contribution in [-0.2, 0) is 0 Å². The van der Waals surface area contributed by atoms with Crippen molar-refractivity contribution in [3.8, 4) is 11.4 Å². The van der Waals surface area contributed by atoms with Crippen LogP contribution in [0.5, 0.6) is 5.75 Å². The molecule has 0 aliphatic rings. The number of nitrogens with zero attached hydrogens (tertiary/aromatic N) is 3. The maximum absolute atomic E-state index is 5.86. The lowest BCUT2D eigenvalue weighted by atomic mass is 10.1. The van der Waals surface area contributed by atoms with Gasteiger partial charge in [-0.05, 0) is 36.8 Å². The number of benzene rings is 2. The van der Waals surface area contributed by atoms with Gasteiger partial charge in [-0.3, -0.25) is 0 Å². The molecule has 3 aromatic rings.